The molecule has 2 heterocycles. The van der Waals surface area contributed by atoms with Gasteiger partial charge in [0.05, 0.1) is 11.0 Å². The van der Waals surface area contributed by atoms with E-state index in [1.165, 1.54) is 21.9 Å². The first-order valence-corrected chi connectivity index (χ1v) is 5.59. The van der Waals surface area contributed by atoms with Gasteiger partial charge in [0.2, 0.25) is 0 Å². The molecular weight excluding hydrogens is 210 g/mol. The van der Waals surface area contributed by atoms with E-state index in [4.69, 9.17) is 0 Å². The van der Waals surface area contributed by atoms with Crippen molar-refractivity contribution in [2.45, 2.75) is 6.42 Å². The van der Waals surface area contributed by atoms with Crippen molar-refractivity contribution in [3.8, 4) is 0 Å². The molecule has 0 fully saturated rings. The maximum atomic E-state index is 4.40. The Morgan fingerprint density at radius 1 is 1.18 bits per heavy atom. The summed E-state index contributed by atoms with van der Waals surface area (Å²) in [6.07, 6.45) is 10.3. The van der Waals surface area contributed by atoms with Crippen LogP contribution in [0, 0.1) is 0 Å². The molecule has 0 unspecified atom stereocenters. The third-order valence-corrected chi connectivity index (χ3v) is 3.25. The lowest BCUT2D eigenvalue weighted by atomic mass is 10.1. The first-order valence-electron chi connectivity index (χ1n) is 5.59. The van der Waals surface area contributed by atoms with Crippen molar-refractivity contribution in [2.24, 2.45) is 15.0 Å². The van der Waals surface area contributed by atoms with E-state index >= 15 is 0 Å². The molecule has 0 saturated heterocycles. The molecule has 80 valence electrons. The fourth-order valence-corrected chi connectivity index (χ4v) is 2.44. The van der Waals surface area contributed by atoms with Gasteiger partial charge in [-0.05, 0) is 40.1 Å². The highest BCUT2D eigenvalue weighted by Crippen LogP contribution is 2.28. The van der Waals surface area contributed by atoms with Crippen molar-refractivity contribution < 1.29 is 0 Å². The fraction of sp³-hybridized carbons (Fsp3) is 0.0714. The molecule has 3 aliphatic rings. The molecule has 1 aliphatic carbocycles. The minimum Gasteiger partial charge on any atom is -0.264 e. The maximum absolute atomic E-state index is 4.40. The summed E-state index contributed by atoms with van der Waals surface area (Å²) in [5.74, 6) is 0. The predicted molar refractivity (Wildman–Crippen MR) is 69.0 cm³/mol. The van der Waals surface area contributed by atoms with Crippen LogP contribution in [0.2, 0.25) is 0 Å². The van der Waals surface area contributed by atoms with Gasteiger partial charge in [-0.2, -0.15) is 0 Å². The minimum atomic E-state index is 0.933. The lowest BCUT2D eigenvalue weighted by molar-refractivity contribution is 1.31. The molecule has 0 atom stereocenters. The third kappa shape index (κ3) is 1.19. The van der Waals surface area contributed by atoms with Gasteiger partial charge in [0, 0.05) is 31.2 Å². The molecule has 4 rings (SSSR count). The zero-order chi connectivity index (χ0) is 11.2. The number of allylic oxidation sites excluding steroid dienone is 2. The minimum absolute atomic E-state index is 0.933. The van der Waals surface area contributed by atoms with Crippen molar-refractivity contribution >= 4 is 29.3 Å². The maximum Gasteiger partial charge on any atom is 0.0892 e. The van der Waals surface area contributed by atoms with Crippen LogP contribution < -0.4 is 10.6 Å². The average molecular weight is 219 g/mol. The topological polar surface area (TPSA) is 37.1 Å². The molecule has 17 heavy (non-hydrogen) atoms. The van der Waals surface area contributed by atoms with E-state index in [2.05, 4.69) is 27.1 Å². The summed E-state index contributed by atoms with van der Waals surface area (Å²) < 4.78 is 0. The van der Waals surface area contributed by atoms with Crippen molar-refractivity contribution in [1.82, 2.24) is 0 Å². The number of nitrogens with zero attached hydrogens (tertiary/aromatic N) is 3. The molecule has 3 heteroatoms. The summed E-state index contributed by atoms with van der Waals surface area (Å²) in [4.78, 5) is 13.0. The van der Waals surface area contributed by atoms with Gasteiger partial charge in [0.15, 0.2) is 0 Å². The smallest absolute Gasteiger partial charge is 0.0892 e. The molecule has 1 aromatic rings. The summed E-state index contributed by atoms with van der Waals surface area (Å²) in [5, 5.41) is 2.19. The van der Waals surface area contributed by atoms with Crippen LogP contribution in [0.3, 0.4) is 0 Å². The monoisotopic (exact) mass is 219 g/mol. The summed E-state index contributed by atoms with van der Waals surface area (Å²) in [7, 11) is 0. The van der Waals surface area contributed by atoms with Gasteiger partial charge in [-0.15, -0.1) is 0 Å². The quantitative estimate of drug-likeness (QED) is 0.634. The SMILES string of the molecule is C1=CN=c2cc3c(cc2N=C1)=C1C=NC=C3C1. The van der Waals surface area contributed by atoms with E-state index in [0.29, 0.717) is 0 Å². The van der Waals surface area contributed by atoms with Gasteiger partial charge in [0.1, 0.15) is 0 Å². The largest absolute Gasteiger partial charge is 0.264 e. The summed E-state index contributed by atoms with van der Waals surface area (Å²) in [6, 6.07) is 4.23. The van der Waals surface area contributed by atoms with E-state index in [1.807, 2.05) is 18.5 Å². The van der Waals surface area contributed by atoms with Gasteiger partial charge in [-0.25, -0.2) is 0 Å². The number of rotatable bonds is 0. The van der Waals surface area contributed by atoms with Crippen molar-refractivity contribution in [2.75, 3.05) is 0 Å². The number of fused-ring (bicyclic) bond motifs is 5. The molecule has 0 N–H and O–H groups in total. The Hall–Kier alpha value is -2.29. The lowest BCUT2D eigenvalue weighted by Gasteiger charge is -2.01. The zero-order valence-corrected chi connectivity index (χ0v) is 9.09. The highest BCUT2D eigenvalue weighted by Gasteiger charge is 2.19. The first-order chi connectivity index (χ1) is 8.42. The standard InChI is InChI=1S/C14H9N3/c1-2-16-13-5-11-9-4-10(8-15-7-9)12(11)6-14(13)17-3-1/h1-3,5-8H,4H2. The highest BCUT2D eigenvalue weighted by molar-refractivity contribution is 6.11. The number of benzene rings is 1. The van der Waals surface area contributed by atoms with Crippen LogP contribution in [-0.2, 0) is 0 Å². The van der Waals surface area contributed by atoms with E-state index in [1.54, 1.807) is 12.4 Å². The second-order valence-corrected chi connectivity index (χ2v) is 4.27. The van der Waals surface area contributed by atoms with Crippen LogP contribution in [0.15, 0.2) is 45.6 Å². The Balaban J connectivity index is 2.15. The van der Waals surface area contributed by atoms with Crippen LogP contribution in [0.1, 0.15) is 12.0 Å². The van der Waals surface area contributed by atoms with E-state index in [0.717, 1.165) is 17.5 Å². The van der Waals surface area contributed by atoms with Crippen LogP contribution >= 0.6 is 0 Å². The normalized spacial score (nSPS) is 18.4. The van der Waals surface area contributed by atoms with Crippen LogP contribution in [0.25, 0.3) is 11.1 Å². The second-order valence-electron chi connectivity index (χ2n) is 4.27. The third-order valence-electron chi connectivity index (χ3n) is 3.25. The summed E-state index contributed by atoms with van der Waals surface area (Å²) >= 11 is 0. The van der Waals surface area contributed by atoms with Gasteiger partial charge in [-0.1, -0.05) is 0 Å². The molecule has 3 nitrogen and oxygen atoms in total. The van der Waals surface area contributed by atoms with Crippen molar-refractivity contribution in [3.05, 3.63) is 46.7 Å². The molecule has 2 aliphatic heterocycles. The highest BCUT2D eigenvalue weighted by atomic mass is 14.8. The van der Waals surface area contributed by atoms with Crippen molar-refractivity contribution in [3.63, 3.8) is 0 Å². The Morgan fingerprint density at radius 2 is 2.18 bits per heavy atom. The van der Waals surface area contributed by atoms with Crippen LogP contribution in [-0.4, -0.2) is 12.4 Å². The van der Waals surface area contributed by atoms with Gasteiger partial charge < -0.3 is 0 Å². The summed E-state index contributed by atoms with van der Waals surface area (Å²) in [5.41, 5.74) is 4.76. The van der Waals surface area contributed by atoms with E-state index in [9.17, 15) is 0 Å². The van der Waals surface area contributed by atoms with E-state index < -0.39 is 0 Å². The number of hydrogen-bond donors (Lipinski definition) is 0. The molecule has 0 spiro atoms. The molecule has 0 aromatic heterocycles. The molecule has 0 amide bonds. The van der Waals surface area contributed by atoms with Gasteiger partial charge >= 0.3 is 0 Å². The Kier molecular flexibility index (Phi) is 1.61. The van der Waals surface area contributed by atoms with Gasteiger partial charge in [0.25, 0.3) is 0 Å². The Morgan fingerprint density at radius 3 is 3.18 bits per heavy atom. The van der Waals surface area contributed by atoms with Crippen LogP contribution in [0.4, 0.5) is 5.69 Å². The molecule has 0 radical (unpaired) electrons. The predicted octanol–water partition coefficient (Wildman–Crippen LogP) is 1.52. The number of hydrogen-bond acceptors (Lipinski definition) is 3. The van der Waals surface area contributed by atoms with Gasteiger partial charge in [-0.3, -0.25) is 15.0 Å². The Labute approximate surface area is 98.0 Å². The molecule has 2 bridgehead atoms. The average Bonchev–Trinajstić information content (AvgIpc) is 2.57. The second kappa shape index (κ2) is 3.10. The Bertz CT molecular complexity index is 761. The van der Waals surface area contributed by atoms with Crippen LogP contribution in [0.5, 0.6) is 0 Å². The lowest BCUT2D eigenvalue weighted by Crippen LogP contribution is -2.13. The molecule has 1 aromatic carbocycles. The molecular formula is C14H9N3. The fourth-order valence-electron chi connectivity index (χ4n) is 2.44. The zero-order valence-electron chi connectivity index (χ0n) is 9.09. The molecule has 0 saturated carbocycles. The first kappa shape index (κ1) is 8.82. The summed E-state index contributed by atoms with van der Waals surface area (Å²) in [6.45, 7) is 0. The number of aliphatic imine (C=N–C) groups is 2. The van der Waals surface area contributed by atoms with Crippen molar-refractivity contribution in [1.29, 1.82) is 0 Å². The van der Waals surface area contributed by atoms with E-state index in [-0.39, 0.29) is 0 Å².